The molecule has 1 aliphatic carbocycles. The van der Waals surface area contributed by atoms with Crippen molar-refractivity contribution in [3.05, 3.63) is 0 Å². The van der Waals surface area contributed by atoms with E-state index in [4.69, 9.17) is 0 Å². The first-order valence-corrected chi connectivity index (χ1v) is 6.44. The molecule has 2 heteroatoms. The standard InChI is InChI=1S/C11H23NS/c1-11(2,3)13-9-5-4-8-12-10-6-7-10/h10,12H,4-9H2,1-3H3. The molecular formula is C11H23NS. The third-order valence-electron chi connectivity index (χ3n) is 2.12. The van der Waals surface area contributed by atoms with Gasteiger partial charge in [-0.2, -0.15) is 11.8 Å². The van der Waals surface area contributed by atoms with Gasteiger partial charge in [-0.05, 0) is 38.0 Å². The molecule has 1 rings (SSSR count). The molecule has 0 heterocycles. The van der Waals surface area contributed by atoms with Gasteiger partial charge in [0, 0.05) is 10.8 Å². The highest BCUT2D eigenvalue weighted by molar-refractivity contribution is 8.00. The fourth-order valence-electron chi connectivity index (χ4n) is 1.20. The fourth-order valence-corrected chi connectivity index (χ4v) is 2.16. The van der Waals surface area contributed by atoms with E-state index < -0.39 is 0 Å². The second-order valence-electron chi connectivity index (χ2n) is 4.90. The Hall–Kier alpha value is 0.310. The molecule has 0 aromatic rings. The lowest BCUT2D eigenvalue weighted by atomic mass is 10.3. The first kappa shape index (κ1) is 11.4. The highest BCUT2D eigenvalue weighted by Gasteiger charge is 2.19. The maximum Gasteiger partial charge on any atom is 0.00750 e. The average molecular weight is 201 g/mol. The quantitative estimate of drug-likeness (QED) is 0.663. The van der Waals surface area contributed by atoms with Crippen molar-refractivity contribution in [2.24, 2.45) is 0 Å². The van der Waals surface area contributed by atoms with E-state index >= 15 is 0 Å². The predicted octanol–water partition coefficient (Wildman–Crippen LogP) is 3.05. The lowest BCUT2D eigenvalue weighted by Crippen LogP contribution is -2.17. The van der Waals surface area contributed by atoms with E-state index in [-0.39, 0.29) is 0 Å². The SMILES string of the molecule is CC(C)(C)SCCCCNC1CC1. The molecule has 0 atom stereocenters. The van der Waals surface area contributed by atoms with Gasteiger partial charge in [0.2, 0.25) is 0 Å². The van der Waals surface area contributed by atoms with E-state index in [1.54, 1.807) is 0 Å². The molecule has 13 heavy (non-hydrogen) atoms. The number of hydrogen-bond donors (Lipinski definition) is 1. The van der Waals surface area contributed by atoms with Crippen LogP contribution in [0.3, 0.4) is 0 Å². The monoisotopic (exact) mass is 201 g/mol. The van der Waals surface area contributed by atoms with Crippen LogP contribution in [0.1, 0.15) is 46.5 Å². The highest BCUT2D eigenvalue weighted by atomic mass is 32.2. The van der Waals surface area contributed by atoms with E-state index in [9.17, 15) is 0 Å². The molecule has 78 valence electrons. The molecule has 1 nitrogen and oxygen atoms in total. The number of thioether (sulfide) groups is 1. The lowest BCUT2D eigenvalue weighted by Gasteiger charge is -2.17. The number of unbranched alkanes of at least 4 members (excludes halogenated alkanes) is 1. The molecule has 0 aromatic carbocycles. The molecule has 0 unspecified atom stereocenters. The smallest absolute Gasteiger partial charge is 0.00750 e. The van der Waals surface area contributed by atoms with Crippen LogP contribution in [-0.2, 0) is 0 Å². The molecule has 0 saturated heterocycles. The molecule has 1 N–H and O–H groups in total. The van der Waals surface area contributed by atoms with Gasteiger partial charge in [0.25, 0.3) is 0 Å². The minimum Gasteiger partial charge on any atom is -0.314 e. The summed E-state index contributed by atoms with van der Waals surface area (Å²) in [5, 5.41) is 3.54. The van der Waals surface area contributed by atoms with Crippen molar-refractivity contribution < 1.29 is 0 Å². The molecule has 0 aromatic heterocycles. The summed E-state index contributed by atoms with van der Waals surface area (Å²) in [6.45, 7) is 8.11. The zero-order valence-electron chi connectivity index (χ0n) is 9.23. The molecule has 0 amide bonds. The largest absolute Gasteiger partial charge is 0.314 e. The molecule has 1 saturated carbocycles. The van der Waals surface area contributed by atoms with Gasteiger partial charge >= 0.3 is 0 Å². The number of rotatable bonds is 6. The summed E-state index contributed by atoms with van der Waals surface area (Å²) in [5.41, 5.74) is 0. The van der Waals surface area contributed by atoms with Crippen LogP contribution in [0.15, 0.2) is 0 Å². The zero-order chi connectivity index (χ0) is 9.73. The Bertz CT molecular complexity index is 136. The summed E-state index contributed by atoms with van der Waals surface area (Å²) in [5.74, 6) is 1.32. The minimum absolute atomic E-state index is 0.448. The van der Waals surface area contributed by atoms with Crippen molar-refractivity contribution in [2.45, 2.75) is 57.2 Å². The fraction of sp³-hybridized carbons (Fsp3) is 1.00. The minimum atomic E-state index is 0.448. The van der Waals surface area contributed by atoms with Crippen LogP contribution in [0.4, 0.5) is 0 Å². The predicted molar refractivity (Wildman–Crippen MR) is 62.5 cm³/mol. The van der Waals surface area contributed by atoms with Gasteiger partial charge < -0.3 is 5.32 Å². The van der Waals surface area contributed by atoms with E-state index in [1.807, 2.05) is 0 Å². The van der Waals surface area contributed by atoms with Crippen molar-refractivity contribution in [2.75, 3.05) is 12.3 Å². The first-order valence-electron chi connectivity index (χ1n) is 5.45. The van der Waals surface area contributed by atoms with E-state index in [2.05, 4.69) is 37.8 Å². The Labute approximate surface area is 87.1 Å². The number of nitrogens with one attached hydrogen (secondary N) is 1. The first-order chi connectivity index (χ1) is 6.08. The van der Waals surface area contributed by atoms with Crippen LogP contribution in [0.5, 0.6) is 0 Å². The summed E-state index contributed by atoms with van der Waals surface area (Å²) >= 11 is 2.08. The Morgan fingerprint density at radius 1 is 1.23 bits per heavy atom. The van der Waals surface area contributed by atoms with Gasteiger partial charge in [-0.1, -0.05) is 20.8 Å². The van der Waals surface area contributed by atoms with Crippen LogP contribution < -0.4 is 5.32 Å². The molecule has 1 aliphatic rings. The van der Waals surface area contributed by atoms with Gasteiger partial charge in [-0.25, -0.2) is 0 Å². The normalized spacial score (nSPS) is 17.8. The Balaban J connectivity index is 1.78. The van der Waals surface area contributed by atoms with E-state index in [1.165, 1.54) is 38.0 Å². The van der Waals surface area contributed by atoms with Gasteiger partial charge in [-0.3, -0.25) is 0 Å². The molecule has 1 fully saturated rings. The summed E-state index contributed by atoms with van der Waals surface area (Å²) < 4.78 is 0.448. The summed E-state index contributed by atoms with van der Waals surface area (Å²) in [6.07, 6.45) is 5.54. The second kappa shape index (κ2) is 5.26. The van der Waals surface area contributed by atoms with Crippen molar-refractivity contribution in [1.82, 2.24) is 5.32 Å². The van der Waals surface area contributed by atoms with Crippen LogP contribution in [0, 0.1) is 0 Å². The van der Waals surface area contributed by atoms with Crippen molar-refractivity contribution >= 4 is 11.8 Å². The van der Waals surface area contributed by atoms with Crippen molar-refractivity contribution in [3.8, 4) is 0 Å². The Morgan fingerprint density at radius 3 is 2.46 bits per heavy atom. The third kappa shape index (κ3) is 7.39. The zero-order valence-corrected chi connectivity index (χ0v) is 10.0. The summed E-state index contributed by atoms with van der Waals surface area (Å²) in [4.78, 5) is 0. The van der Waals surface area contributed by atoms with Gasteiger partial charge in [0.15, 0.2) is 0 Å². The average Bonchev–Trinajstić information content (AvgIpc) is 2.77. The van der Waals surface area contributed by atoms with E-state index in [0.29, 0.717) is 4.75 Å². The van der Waals surface area contributed by atoms with Crippen LogP contribution in [0.2, 0.25) is 0 Å². The maximum absolute atomic E-state index is 3.54. The Kier molecular flexibility index (Phi) is 4.60. The van der Waals surface area contributed by atoms with Crippen molar-refractivity contribution in [1.29, 1.82) is 0 Å². The third-order valence-corrected chi connectivity index (χ3v) is 3.48. The van der Waals surface area contributed by atoms with Crippen molar-refractivity contribution in [3.63, 3.8) is 0 Å². The van der Waals surface area contributed by atoms with E-state index in [0.717, 1.165) is 6.04 Å². The van der Waals surface area contributed by atoms with Crippen LogP contribution in [-0.4, -0.2) is 23.1 Å². The van der Waals surface area contributed by atoms with Gasteiger partial charge in [0.1, 0.15) is 0 Å². The number of hydrogen-bond acceptors (Lipinski definition) is 2. The lowest BCUT2D eigenvalue weighted by molar-refractivity contribution is 0.639. The maximum atomic E-state index is 3.54. The Morgan fingerprint density at radius 2 is 1.92 bits per heavy atom. The molecular weight excluding hydrogens is 178 g/mol. The molecule has 0 bridgehead atoms. The topological polar surface area (TPSA) is 12.0 Å². The van der Waals surface area contributed by atoms with Gasteiger partial charge in [-0.15, -0.1) is 0 Å². The molecule has 0 spiro atoms. The summed E-state index contributed by atoms with van der Waals surface area (Å²) in [7, 11) is 0. The molecule has 0 aliphatic heterocycles. The highest BCUT2D eigenvalue weighted by Crippen LogP contribution is 2.24. The molecule has 0 radical (unpaired) electrons. The van der Waals surface area contributed by atoms with Gasteiger partial charge in [0.05, 0.1) is 0 Å². The summed E-state index contributed by atoms with van der Waals surface area (Å²) in [6, 6.07) is 0.885. The van der Waals surface area contributed by atoms with Crippen LogP contribution >= 0.6 is 11.8 Å². The second-order valence-corrected chi connectivity index (χ2v) is 6.82. The van der Waals surface area contributed by atoms with Crippen LogP contribution in [0.25, 0.3) is 0 Å².